The zero-order chi connectivity index (χ0) is 12.0. The van der Waals surface area contributed by atoms with Crippen molar-refractivity contribution in [1.82, 2.24) is 5.32 Å². The van der Waals surface area contributed by atoms with E-state index in [9.17, 15) is 4.79 Å². The molecule has 0 saturated carbocycles. The summed E-state index contributed by atoms with van der Waals surface area (Å²) in [6.07, 6.45) is 1.46. The molecule has 0 heterocycles. The lowest BCUT2D eigenvalue weighted by Crippen LogP contribution is -2.25. The third kappa shape index (κ3) is 3.50. The molecule has 5 heteroatoms. The van der Waals surface area contributed by atoms with E-state index in [4.69, 9.17) is 10.8 Å². The van der Waals surface area contributed by atoms with E-state index in [0.29, 0.717) is 28.7 Å². The zero-order valence-corrected chi connectivity index (χ0v) is 10.5. The Bertz CT molecular complexity index is 369. The fourth-order valence-electron chi connectivity index (χ4n) is 1.26. The van der Waals surface area contributed by atoms with Gasteiger partial charge in [0.05, 0.1) is 10.0 Å². The van der Waals surface area contributed by atoms with E-state index in [-0.39, 0.29) is 12.5 Å². The highest BCUT2D eigenvalue weighted by Crippen LogP contribution is 2.23. The highest BCUT2D eigenvalue weighted by molar-refractivity contribution is 9.10. The number of hydrogen-bond acceptors (Lipinski definition) is 3. The van der Waals surface area contributed by atoms with Gasteiger partial charge in [-0.25, -0.2) is 0 Å². The van der Waals surface area contributed by atoms with Gasteiger partial charge in [0.15, 0.2) is 0 Å². The molecule has 0 aliphatic carbocycles. The number of amides is 1. The van der Waals surface area contributed by atoms with Crippen LogP contribution in [0.25, 0.3) is 0 Å². The van der Waals surface area contributed by atoms with Gasteiger partial charge in [-0.2, -0.15) is 0 Å². The third-order valence-corrected chi connectivity index (χ3v) is 3.03. The zero-order valence-electron chi connectivity index (χ0n) is 8.87. The molecular formula is C11H15BrN2O2. The molecule has 16 heavy (non-hydrogen) atoms. The highest BCUT2D eigenvalue weighted by Gasteiger charge is 2.10. The van der Waals surface area contributed by atoms with Crippen LogP contribution in [-0.4, -0.2) is 24.2 Å². The molecule has 0 atom stereocenters. The van der Waals surface area contributed by atoms with Crippen molar-refractivity contribution in [3.63, 3.8) is 0 Å². The second kappa shape index (κ2) is 6.50. The summed E-state index contributed by atoms with van der Waals surface area (Å²) in [5, 5.41) is 11.4. The molecule has 1 amide bonds. The van der Waals surface area contributed by atoms with Crippen LogP contribution in [0.3, 0.4) is 0 Å². The van der Waals surface area contributed by atoms with Crippen LogP contribution < -0.4 is 11.1 Å². The van der Waals surface area contributed by atoms with Crippen LogP contribution in [-0.2, 0) is 0 Å². The Hall–Kier alpha value is -1.07. The topological polar surface area (TPSA) is 75.4 Å². The maximum atomic E-state index is 11.7. The molecule has 0 fully saturated rings. The summed E-state index contributed by atoms with van der Waals surface area (Å²) in [4.78, 5) is 11.7. The van der Waals surface area contributed by atoms with Gasteiger partial charge in [-0.3, -0.25) is 4.79 Å². The fourth-order valence-corrected chi connectivity index (χ4v) is 1.70. The van der Waals surface area contributed by atoms with Crippen molar-refractivity contribution in [3.8, 4) is 0 Å². The maximum Gasteiger partial charge on any atom is 0.252 e. The number of aliphatic hydroxyl groups is 1. The largest absolute Gasteiger partial charge is 0.398 e. The van der Waals surface area contributed by atoms with Crippen LogP contribution in [0.5, 0.6) is 0 Å². The van der Waals surface area contributed by atoms with Crippen molar-refractivity contribution in [2.75, 3.05) is 18.9 Å². The first kappa shape index (κ1) is 13.0. The summed E-state index contributed by atoms with van der Waals surface area (Å²) in [5.74, 6) is -0.155. The molecule has 4 N–H and O–H groups in total. The molecule has 0 radical (unpaired) electrons. The number of carbonyl (C=O) groups is 1. The molecule has 0 spiro atoms. The smallest absolute Gasteiger partial charge is 0.252 e. The van der Waals surface area contributed by atoms with Crippen molar-refractivity contribution >= 4 is 27.5 Å². The average molecular weight is 287 g/mol. The van der Waals surface area contributed by atoms with Gasteiger partial charge in [0.2, 0.25) is 0 Å². The van der Waals surface area contributed by atoms with Gasteiger partial charge in [0.25, 0.3) is 5.91 Å². The number of nitrogen functional groups attached to an aromatic ring is 1. The van der Waals surface area contributed by atoms with Gasteiger partial charge < -0.3 is 16.2 Å². The number of hydrogen-bond donors (Lipinski definition) is 3. The highest BCUT2D eigenvalue weighted by atomic mass is 79.9. The average Bonchev–Trinajstić information content (AvgIpc) is 2.28. The third-order valence-electron chi connectivity index (χ3n) is 2.14. The lowest BCUT2D eigenvalue weighted by molar-refractivity contribution is 0.0951. The van der Waals surface area contributed by atoms with E-state index in [1.807, 2.05) is 0 Å². The summed E-state index contributed by atoms with van der Waals surface area (Å²) in [6, 6.07) is 5.18. The molecule has 1 aromatic carbocycles. The Morgan fingerprint density at radius 1 is 1.44 bits per heavy atom. The van der Waals surface area contributed by atoms with E-state index in [0.717, 1.165) is 6.42 Å². The molecule has 1 aromatic rings. The number of nitrogens with two attached hydrogens (primary N) is 1. The number of rotatable bonds is 5. The minimum atomic E-state index is -0.155. The van der Waals surface area contributed by atoms with Gasteiger partial charge in [0, 0.05) is 18.8 Å². The second-order valence-electron chi connectivity index (χ2n) is 3.40. The molecule has 0 bridgehead atoms. The standard InChI is InChI=1S/C11H15BrN2O2/c12-10-8(4-3-5-9(10)13)11(16)14-6-1-2-7-15/h3-5,15H,1-2,6-7,13H2,(H,14,16). The van der Waals surface area contributed by atoms with Gasteiger partial charge in [-0.05, 0) is 40.9 Å². The van der Waals surface area contributed by atoms with Crippen molar-refractivity contribution < 1.29 is 9.90 Å². The number of unbranched alkanes of at least 4 members (excludes halogenated alkanes) is 1. The van der Waals surface area contributed by atoms with Gasteiger partial charge in [0.1, 0.15) is 0 Å². The van der Waals surface area contributed by atoms with Crippen LogP contribution in [0.4, 0.5) is 5.69 Å². The lowest BCUT2D eigenvalue weighted by atomic mass is 10.2. The van der Waals surface area contributed by atoms with Crippen LogP contribution in [0.15, 0.2) is 22.7 Å². The molecule has 88 valence electrons. The first-order chi connectivity index (χ1) is 7.66. The second-order valence-corrected chi connectivity index (χ2v) is 4.19. The molecule has 0 saturated heterocycles. The minimum absolute atomic E-state index is 0.151. The number of benzene rings is 1. The summed E-state index contributed by atoms with van der Waals surface area (Å²) < 4.78 is 0.620. The molecule has 0 unspecified atom stereocenters. The van der Waals surface area contributed by atoms with Crippen LogP contribution in [0.1, 0.15) is 23.2 Å². The number of aliphatic hydroxyl groups excluding tert-OH is 1. The van der Waals surface area contributed by atoms with Crippen LogP contribution >= 0.6 is 15.9 Å². The Morgan fingerprint density at radius 2 is 2.19 bits per heavy atom. The first-order valence-electron chi connectivity index (χ1n) is 5.10. The van der Waals surface area contributed by atoms with E-state index in [1.165, 1.54) is 0 Å². The molecular weight excluding hydrogens is 272 g/mol. The van der Waals surface area contributed by atoms with Gasteiger partial charge in [-0.15, -0.1) is 0 Å². The van der Waals surface area contributed by atoms with Crippen molar-refractivity contribution in [2.24, 2.45) is 0 Å². The van der Waals surface area contributed by atoms with Crippen molar-refractivity contribution in [2.45, 2.75) is 12.8 Å². The predicted molar refractivity (Wildman–Crippen MR) is 67.2 cm³/mol. The molecule has 0 aliphatic rings. The van der Waals surface area contributed by atoms with E-state index >= 15 is 0 Å². The Kier molecular flexibility index (Phi) is 5.28. The lowest BCUT2D eigenvalue weighted by Gasteiger charge is -2.07. The molecule has 1 rings (SSSR count). The quantitative estimate of drug-likeness (QED) is 0.568. The molecule has 4 nitrogen and oxygen atoms in total. The first-order valence-corrected chi connectivity index (χ1v) is 5.89. The van der Waals surface area contributed by atoms with Crippen molar-refractivity contribution in [3.05, 3.63) is 28.2 Å². The predicted octanol–water partition coefficient (Wildman–Crippen LogP) is 1.53. The summed E-state index contributed by atoms with van der Waals surface area (Å²) in [7, 11) is 0. The fraction of sp³-hybridized carbons (Fsp3) is 0.364. The Labute approximate surface area is 103 Å². The summed E-state index contributed by atoms with van der Waals surface area (Å²) >= 11 is 3.28. The Balaban J connectivity index is 2.56. The summed E-state index contributed by atoms with van der Waals surface area (Å²) in [6.45, 7) is 0.707. The van der Waals surface area contributed by atoms with E-state index in [2.05, 4.69) is 21.2 Å². The Morgan fingerprint density at radius 3 is 2.88 bits per heavy atom. The molecule has 0 aromatic heterocycles. The van der Waals surface area contributed by atoms with Crippen LogP contribution in [0, 0.1) is 0 Å². The van der Waals surface area contributed by atoms with Crippen molar-refractivity contribution in [1.29, 1.82) is 0 Å². The van der Waals surface area contributed by atoms with E-state index in [1.54, 1.807) is 18.2 Å². The number of nitrogens with one attached hydrogen (secondary N) is 1. The number of carbonyl (C=O) groups excluding carboxylic acids is 1. The maximum absolute atomic E-state index is 11.7. The summed E-state index contributed by atoms with van der Waals surface area (Å²) in [5.41, 5.74) is 6.75. The van der Waals surface area contributed by atoms with Crippen LogP contribution in [0.2, 0.25) is 0 Å². The van der Waals surface area contributed by atoms with E-state index < -0.39 is 0 Å². The number of anilines is 1. The van der Waals surface area contributed by atoms with Gasteiger partial charge in [-0.1, -0.05) is 6.07 Å². The normalized spacial score (nSPS) is 10.1. The number of halogens is 1. The van der Waals surface area contributed by atoms with Gasteiger partial charge >= 0.3 is 0 Å². The monoisotopic (exact) mass is 286 g/mol. The SMILES string of the molecule is Nc1cccc(C(=O)NCCCCO)c1Br. The molecule has 0 aliphatic heterocycles. The minimum Gasteiger partial charge on any atom is -0.398 e.